The van der Waals surface area contributed by atoms with Gasteiger partial charge in [-0.05, 0) is 6.54 Å². The fourth-order valence-electron chi connectivity index (χ4n) is 1.36. The molecule has 1 atom stereocenters. The molecule has 0 radical (unpaired) electrons. The monoisotopic (exact) mass is 243 g/mol. The molecule has 0 aromatic carbocycles. The molecular weight excluding hydrogens is 227 g/mol. The maximum Gasteiger partial charge on any atom is 0.404 e. The largest absolute Gasteiger partial charge is 0.481 e. The number of rotatable bonds is 7. The molecule has 0 aromatic rings. The molecule has 96 valence electrons. The zero-order chi connectivity index (χ0) is 12.8. The summed E-state index contributed by atoms with van der Waals surface area (Å²) in [4.78, 5) is 11.4. The van der Waals surface area contributed by atoms with Crippen molar-refractivity contribution in [2.75, 3.05) is 26.8 Å². The van der Waals surface area contributed by atoms with Gasteiger partial charge in [0.1, 0.15) is 6.04 Å². The summed E-state index contributed by atoms with van der Waals surface area (Å²) in [6, 6.07) is -1.95. The normalized spacial score (nSPS) is 14.1. The zero-order valence-corrected chi connectivity index (χ0v) is 9.25. The molecule has 0 aliphatic carbocycles. The van der Waals surface area contributed by atoms with E-state index in [2.05, 4.69) is 4.74 Å². The van der Waals surface area contributed by atoms with Crippen LogP contribution in [0.2, 0.25) is 0 Å². The summed E-state index contributed by atoms with van der Waals surface area (Å²) in [6.45, 7) is 1.88. The first-order valence-electron chi connectivity index (χ1n) is 4.84. The van der Waals surface area contributed by atoms with E-state index in [1.807, 2.05) is 0 Å². The van der Waals surface area contributed by atoms with E-state index in [1.165, 1.54) is 7.11 Å². The quantitative estimate of drug-likeness (QED) is 0.733. The molecule has 16 heavy (non-hydrogen) atoms. The number of aliphatic carboxylic acids is 1. The molecule has 0 saturated carbocycles. The van der Waals surface area contributed by atoms with E-state index in [0.29, 0.717) is 0 Å². The second-order valence-corrected chi connectivity index (χ2v) is 3.28. The van der Waals surface area contributed by atoms with Gasteiger partial charge in [0.05, 0.1) is 13.0 Å². The molecule has 0 bridgehead atoms. The van der Waals surface area contributed by atoms with Gasteiger partial charge in [-0.25, -0.2) is 0 Å². The van der Waals surface area contributed by atoms with E-state index in [0.717, 1.165) is 4.90 Å². The van der Waals surface area contributed by atoms with Gasteiger partial charge in [-0.15, -0.1) is 0 Å². The number of carboxylic acid groups (broad SMARTS) is 1. The van der Waals surface area contributed by atoms with Crippen LogP contribution in [0.5, 0.6) is 0 Å². The summed E-state index contributed by atoms with van der Waals surface area (Å²) < 4.78 is 42.5. The number of hydrogen-bond acceptors (Lipinski definition) is 3. The number of carbonyl (C=O) groups is 1. The number of halogens is 3. The molecule has 1 unspecified atom stereocenters. The number of methoxy groups -OCH3 is 1. The van der Waals surface area contributed by atoms with Crippen molar-refractivity contribution in [1.82, 2.24) is 4.90 Å². The van der Waals surface area contributed by atoms with Gasteiger partial charge in [-0.3, -0.25) is 9.69 Å². The van der Waals surface area contributed by atoms with Gasteiger partial charge in [0.25, 0.3) is 0 Å². The van der Waals surface area contributed by atoms with Gasteiger partial charge >= 0.3 is 12.1 Å². The first kappa shape index (κ1) is 15.2. The predicted molar refractivity (Wildman–Crippen MR) is 51.2 cm³/mol. The molecule has 0 amide bonds. The highest BCUT2D eigenvalue weighted by Gasteiger charge is 2.44. The lowest BCUT2D eigenvalue weighted by atomic mass is 10.1. The molecule has 0 rings (SSSR count). The molecule has 0 aliphatic heterocycles. The molecule has 4 nitrogen and oxygen atoms in total. The Bertz CT molecular complexity index is 221. The van der Waals surface area contributed by atoms with E-state index >= 15 is 0 Å². The second-order valence-electron chi connectivity index (χ2n) is 3.28. The minimum atomic E-state index is -4.54. The van der Waals surface area contributed by atoms with Crippen molar-refractivity contribution in [2.24, 2.45) is 0 Å². The summed E-state index contributed by atoms with van der Waals surface area (Å²) in [5, 5.41) is 8.46. The smallest absolute Gasteiger partial charge is 0.404 e. The Balaban J connectivity index is 4.62. The van der Waals surface area contributed by atoms with E-state index in [-0.39, 0.29) is 19.7 Å². The number of nitrogens with zero attached hydrogens (tertiary/aromatic N) is 1. The molecule has 0 aliphatic rings. The number of likely N-dealkylation sites (N-methyl/N-ethyl adjacent to an activating group) is 1. The molecule has 0 fully saturated rings. The van der Waals surface area contributed by atoms with Gasteiger partial charge in [0.15, 0.2) is 0 Å². The van der Waals surface area contributed by atoms with Crippen molar-refractivity contribution >= 4 is 5.97 Å². The molecule has 0 heterocycles. The van der Waals surface area contributed by atoms with Crippen molar-refractivity contribution < 1.29 is 27.8 Å². The lowest BCUT2D eigenvalue weighted by Crippen LogP contribution is -2.48. The highest BCUT2D eigenvalue weighted by Crippen LogP contribution is 2.27. The first-order valence-corrected chi connectivity index (χ1v) is 4.84. The standard InChI is InChI=1S/C9H16F3NO3/c1-3-13(4-5-16-2)7(6-8(14)15)9(10,11)12/h7H,3-6H2,1-2H3,(H,14,15). The Labute approximate surface area is 92.0 Å². The SMILES string of the molecule is CCN(CCOC)C(CC(=O)O)C(F)(F)F. The average Bonchev–Trinajstić information content (AvgIpc) is 2.15. The van der Waals surface area contributed by atoms with Crippen LogP contribution >= 0.6 is 0 Å². The van der Waals surface area contributed by atoms with Crippen LogP contribution in [-0.4, -0.2) is 55.0 Å². The van der Waals surface area contributed by atoms with Crippen molar-refractivity contribution in [2.45, 2.75) is 25.6 Å². The average molecular weight is 243 g/mol. The van der Waals surface area contributed by atoms with Crippen molar-refractivity contribution in [3.63, 3.8) is 0 Å². The van der Waals surface area contributed by atoms with E-state index in [4.69, 9.17) is 5.11 Å². The van der Waals surface area contributed by atoms with Crippen LogP contribution < -0.4 is 0 Å². The molecule has 0 aromatic heterocycles. The van der Waals surface area contributed by atoms with Crippen LogP contribution in [0.4, 0.5) is 13.2 Å². The van der Waals surface area contributed by atoms with E-state index in [9.17, 15) is 18.0 Å². The van der Waals surface area contributed by atoms with E-state index < -0.39 is 24.6 Å². The molecule has 1 N–H and O–H groups in total. The Morgan fingerprint density at radius 2 is 2.06 bits per heavy atom. The van der Waals surface area contributed by atoms with Crippen molar-refractivity contribution in [1.29, 1.82) is 0 Å². The van der Waals surface area contributed by atoms with Gasteiger partial charge in [-0.1, -0.05) is 6.92 Å². The fraction of sp³-hybridized carbons (Fsp3) is 0.889. The Morgan fingerprint density at radius 3 is 2.38 bits per heavy atom. The lowest BCUT2D eigenvalue weighted by Gasteiger charge is -2.30. The highest BCUT2D eigenvalue weighted by molar-refractivity contribution is 5.67. The van der Waals surface area contributed by atoms with Gasteiger partial charge in [0.2, 0.25) is 0 Å². The van der Waals surface area contributed by atoms with Crippen LogP contribution in [0.15, 0.2) is 0 Å². The van der Waals surface area contributed by atoms with Crippen LogP contribution in [0, 0.1) is 0 Å². The Kier molecular flexibility index (Phi) is 6.35. The number of hydrogen-bond donors (Lipinski definition) is 1. The minimum absolute atomic E-state index is 0.0600. The summed E-state index contributed by atoms with van der Waals surface area (Å²) in [7, 11) is 1.38. The number of alkyl halides is 3. The summed E-state index contributed by atoms with van der Waals surface area (Å²) >= 11 is 0. The van der Waals surface area contributed by atoms with Gasteiger partial charge in [0, 0.05) is 13.7 Å². The lowest BCUT2D eigenvalue weighted by molar-refractivity contribution is -0.191. The summed E-state index contributed by atoms with van der Waals surface area (Å²) in [5.74, 6) is -1.46. The Morgan fingerprint density at radius 1 is 1.50 bits per heavy atom. The van der Waals surface area contributed by atoms with Gasteiger partial charge < -0.3 is 9.84 Å². The zero-order valence-electron chi connectivity index (χ0n) is 9.25. The van der Waals surface area contributed by atoms with Crippen LogP contribution in [0.1, 0.15) is 13.3 Å². The summed E-state index contributed by atoms with van der Waals surface area (Å²) in [5.41, 5.74) is 0. The summed E-state index contributed by atoms with van der Waals surface area (Å²) in [6.07, 6.45) is -5.48. The Hall–Kier alpha value is -0.820. The second kappa shape index (κ2) is 6.70. The van der Waals surface area contributed by atoms with Crippen molar-refractivity contribution in [3.05, 3.63) is 0 Å². The third kappa shape index (κ3) is 5.32. The minimum Gasteiger partial charge on any atom is -0.481 e. The van der Waals surface area contributed by atoms with Gasteiger partial charge in [-0.2, -0.15) is 13.2 Å². The fourth-order valence-corrected chi connectivity index (χ4v) is 1.36. The van der Waals surface area contributed by atoms with Crippen LogP contribution in [-0.2, 0) is 9.53 Å². The topological polar surface area (TPSA) is 49.8 Å². The predicted octanol–water partition coefficient (Wildman–Crippen LogP) is 1.36. The molecule has 0 spiro atoms. The van der Waals surface area contributed by atoms with Crippen LogP contribution in [0.3, 0.4) is 0 Å². The third-order valence-corrected chi connectivity index (χ3v) is 2.18. The van der Waals surface area contributed by atoms with Crippen molar-refractivity contribution in [3.8, 4) is 0 Å². The molecular formula is C9H16F3NO3. The molecule has 0 saturated heterocycles. The maximum absolute atomic E-state index is 12.6. The van der Waals surface area contributed by atoms with E-state index in [1.54, 1.807) is 6.92 Å². The first-order chi connectivity index (χ1) is 7.32. The van der Waals surface area contributed by atoms with Crippen LogP contribution in [0.25, 0.3) is 0 Å². The maximum atomic E-state index is 12.6. The highest BCUT2D eigenvalue weighted by atomic mass is 19.4. The number of ether oxygens (including phenoxy) is 1. The third-order valence-electron chi connectivity index (χ3n) is 2.18. The number of carboxylic acids is 1. The molecule has 7 heteroatoms.